The van der Waals surface area contributed by atoms with E-state index < -0.39 is 6.10 Å². The molecule has 0 aliphatic carbocycles. The molecule has 0 saturated carbocycles. The summed E-state index contributed by atoms with van der Waals surface area (Å²) in [7, 11) is 0. The fourth-order valence-electron chi connectivity index (χ4n) is 1.27. The van der Waals surface area contributed by atoms with Crippen LogP contribution in [0.5, 0.6) is 0 Å². The molecule has 0 aromatic heterocycles. The van der Waals surface area contributed by atoms with Gasteiger partial charge in [-0.05, 0) is 11.8 Å². The van der Waals surface area contributed by atoms with Crippen molar-refractivity contribution in [3.05, 3.63) is 0 Å². The van der Waals surface area contributed by atoms with Gasteiger partial charge in [-0.1, -0.05) is 27.7 Å². The zero-order valence-corrected chi connectivity index (χ0v) is 11.6. The van der Waals surface area contributed by atoms with Gasteiger partial charge in [-0.3, -0.25) is 9.59 Å². The van der Waals surface area contributed by atoms with Crippen molar-refractivity contribution in [3.8, 4) is 0 Å². The third-order valence-electron chi connectivity index (χ3n) is 2.08. The molecule has 5 nitrogen and oxygen atoms in total. The highest BCUT2D eigenvalue weighted by molar-refractivity contribution is 5.70. The molecular weight excluding hydrogens is 236 g/mol. The van der Waals surface area contributed by atoms with Gasteiger partial charge in [0.2, 0.25) is 0 Å². The molecule has 5 heteroatoms. The Hall–Kier alpha value is -1.10. The summed E-state index contributed by atoms with van der Waals surface area (Å²) in [5.74, 6) is -0.318. The van der Waals surface area contributed by atoms with E-state index in [1.807, 2.05) is 27.7 Å². The molecule has 0 aromatic rings. The van der Waals surface area contributed by atoms with E-state index in [4.69, 9.17) is 14.6 Å². The van der Waals surface area contributed by atoms with E-state index in [0.29, 0.717) is 6.42 Å². The van der Waals surface area contributed by atoms with Crippen LogP contribution in [0.3, 0.4) is 0 Å². The van der Waals surface area contributed by atoms with E-state index in [-0.39, 0.29) is 43.4 Å². The van der Waals surface area contributed by atoms with Gasteiger partial charge in [0.25, 0.3) is 0 Å². The van der Waals surface area contributed by atoms with Crippen molar-refractivity contribution in [2.75, 3.05) is 13.2 Å². The van der Waals surface area contributed by atoms with Crippen molar-refractivity contribution in [1.29, 1.82) is 0 Å². The van der Waals surface area contributed by atoms with Crippen LogP contribution in [0, 0.1) is 11.8 Å². The highest BCUT2D eigenvalue weighted by Crippen LogP contribution is 2.05. The normalized spacial score (nSPS) is 12.6. The number of hydrogen-bond donors (Lipinski definition) is 1. The van der Waals surface area contributed by atoms with Gasteiger partial charge in [-0.15, -0.1) is 0 Å². The number of carbonyl (C=O) groups is 2. The van der Waals surface area contributed by atoms with Crippen molar-refractivity contribution in [2.24, 2.45) is 11.8 Å². The van der Waals surface area contributed by atoms with Gasteiger partial charge in [-0.25, -0.2) is 0 Å². The van der Waals surface area contributed by atoms with Crippen LogP contribution in [0.1, 0.15) is 40.5 Å². The predicted molar refractivity (Wildman–Crippen MR) is 66.8 cm³/mol. The lowest BCUT2D eigenvalue weighted by atomic mass is 10.1. The Bertz CT molecular complexity index is 260. The molecule has 1 unspecified atom stereocenters. The quantitative estimate of drug-likeness (QED) is 0.670. The topological polar surface area (TPSA) is 72.8 Å². The first-order valence-electron chi connectivity index (χ1n) is 6.31. The Morgan fingerprint density at radius 2 is 1.50 bits per heavy atom. The first-order chi connectivity index (χ1) is 8.35. The first kappa shape index (κ1) is 16.9. The van der Waals surface area contributed by atoms with Crippen LogP contribution >= 0.6 is 0 Å². The van der Waals surface area contributed by atoms with Crippen molar-refractivity contribution < 1.29 is 24.2 Å². The van der Waals surface area contributed by atoms with E-state index in [9.17, 15) is 9.59 Å². The van der Waals surface area contributed by atoms with Gasteiger partial charge in [-0.2, -0.15) is 0 Å². The molecule has 0 aromatic carbocycles. The van der Waals surface area contributed by atoms with Gasteiger partial charge in [0.1, 0.15) is 6.61 Å². The fourth-order valence-corrected chi connectivity index (χ4v) is 1.27. The van der Waals surface area contributed by atoms with E-state index in [2.05, 4.69) is 0 Å². The largest absolute Gasteiger partial charge is 0.462 e. The van der Waals surface area contributed by atoms with Gasteiger partial charge < -0.3 is 14.6 Å². The zero-order chi connectivity index (χ0) is 14.1. The maximum absolute atomic E-state index is 11.4. The second kappa shape index (κ2) is 8.91. The summed E-state index contributed by atoms with van der Waals surface area (Å²) in [6.07, 6.45) is -0.165. The first-order valence-corrected chi connectivity index (χ1v) is 6.31. The highest BCUT2D eigenvalue weighted by Gasteiger charge is 2.17. The highest BCUT2D eigenvalue weighted by atomic mass is 16.6. The fraction of sp³-hybridized carbons (Fsp3) is 0.846. The van der Waals surface area contributed by atoms with Gasteiger partial charge in [0.05, 0.1) is 6.61 Å². The van der Waals surface area contributed by atoms with E-state index >= 15 is 0 Å². The molecule has 1 N–H and O–H groups in total. The standard InChI is InChI=1S/C13H24O5/c1-9(2)5-12(15)17-8-11(7-14)18-13(16)6-10(3)4/h9-11,14H,5-8H2,1-4H3. The molecule has 0 bridgehead atoms. The molecule has 0 rings (SSSR count). The van der Waals surface area contributed by atoms with Crippen molar-refractivity contribution in [1.82, 2.24) is 0 Å². The number of ether oxygens (including phenoxy) is 2. The predicted octanol–water partition coefficient (Wildman–Crippen LogP) is 1.53. The van der Waals surface area contributed by atoms with Gasteiger partial charge >= 0.3 is 11.9 Å². The molecule has 0 amide bonds. The smallest absolute Gasteiger partial charge is 0.306 e. The van der Waals surface area contributed by atoms with Crippen molar-refractivity contribution in [2.45, 2.75) is 46.6 Å². The van der Waals surface area contributed by atoms with Crippen LogP contribution in [0.2, 0.25) is 0 Å². The Morgan fingerprint density at radius 1 is 1.00 bits per heavy atom. The summed E-state index contributed by atoms with van der Waals surface area (Å²) in [6, 6.07) is 0. The molecule has 1 atom stereocenters. The third kappa shape index (κ3) is 8.98. The number of rotatable bonds is 8. The minimum atomic E-state index is -0.771. The maximum atomic E-state index is 11.4. The average molecular weight is 260 g/mol. The SMILES string of the molecule is CC(C)CC(=O)OCC(CO)OC(=O)CC(C)C. The number of aliphatic hydroxyl groups excluding tert-OH is 1. The van der Waals surface area contributed by atoms with Gasteiger partial charge in [0.15, 0.2) is 6.10 Å². The molecule has 0 heterocycles. The molecule has 0 saturated heterocycles. The van der Waals surface area contributed by atoms with E-state index in [1.54, 1.807) is 0 Å². The molecular formula is C13H24O5. The van der Waals surface area contributed by atoms with Crippen LogP contribution in [0.4, 0.5) is 0 Å². The molecule has 0 aliphatic heterocycles. The Balaban J connectivity index is 3.97. The lowest BCUT2D eigenvalue weighted by molar-refractivity contribution is -0.162. The van der Waals surface area contributed by atoms with Crippen molar-refractivity contribution >= 4 is 11.9 Å². The molecule has 0 spiro atoms. The Morgan fingerprint density at radius 3 is 1.94 bits per heavy atom. The number of hydrogen-bond acceptors (Lipinski definition) is 5. The Kier molecular flexibility index (Phi) is 8.37. The second-order valence-corrected chi connectivity index (χ2v) is 5.17. The summed E-state index contributed by atoms with van der Waals surface area (Å²) < 4.78 is 9.94. The molecule has 0 radical (unpaired) electrons. The van der Waals surface area contributed by atoms with Crippen LogP contribution in [-0.4, -0.2) is 36.4 Å². The summed E-state index contributed by atoms with van der Waals surface area (Å²) >= 11 is 0. The summed E-state index contributed by atoms with van der Waals surface area (Å²) in [4.78, 5) is 22.7. The third-order valence-corrected chi connectivity index (χ3v) is 2.08. The second-order valence-electron chi connectivity index (χ2n) is 5.17. The van der Waals surface area contributed by atoms with Crippen LogP contribution in [0.25, 0.3) is 0 Å². The zero-order valence-electron chi connectivity index (χ0n) is 11.6. The minimum absolute atomic E-state index is 0.0914. The van der Waals surface area contributed by atoms with Crippen molar-refractivity contribution in [3.63, 3.8) is 0 Å². The molecule has 0 aliphatic rings. The Labute approximate surface area is 108 Å². The lowest BCUT2D eigenvalue weighted by Crippen LogP contribution is -2.29. The molecule has 18 heavy (non-hydrogen) atoms. The monoisotopic (exact) mass is 260 g/mol. The van der Waals surface area contributed by atoms with E-state index in [0.717, 1.165) is 0 Å². The molecule has 0 fully saturated rings. The number of aliphatic hydroxyl groups is 1. The number of esters is 2. The average Bonchev–Trinajstić information content (AvgIpc) is 2.21. The lowest BCUT2D eigenvalue weighted by Gasteiger charge is -2.16. The van der Waals surface area contributed by atoms with Crippen LogP contribution in [0.15, 0.2) is 0 Å². The summed E-state index contributed by atoms with van der Waals surface area (Å²) in [5, 5.41) is 9.04. The van der Waals surface area contributed by atoms with Gasteiger partial charge in [0, 0.05) is 12.8 Å². The molecule has 106 valence electrons. The van der Waals surface area contributed by atoms with Crippen LogP contribution in [-0.2, 0) is 19.1 Å². The number of carbonyl (C=O) groups excluding carboxylic acids is 2. The minimum Gasteiger partial charge on any atom is -0.462 e. The summed E-state index contributed by atoms with van der Waals surface area (Å²) in [6.45, 7) is 7.18. The van der Waals surface area contributed by atoms with E-state index in [1.165, 1.54) is 0 Å². The maximum Gasteiger partial charge on any atom is 0.306 e. The summed E-state index contributed by atoms with van der Waals surface area (Å²) in [5.41, 5.74) is 0. The van der Waals surface area contributed by atoms with Crippen LogP contribution < -0.4 is 0 Å².